The second-order valence-corrected chi connectivity index (χ2v) is 5.91. The number of carboxylic acids is 1. The first-order valence-corrected chi connectivity index (χ1v) is 6.79. The van der Waals surface area contributed by atoms with Gasteiger partial charge in [-0.15, -0.1) is 0 Å². The van der Waals surface area contributed by atoms with Crippen LogP contribution in [0.15, 0.2) is 12.4 Å². The SMILES string of the molecule is CN1CCN(C(=O)Nc2cnn(CC(=O)O)c2)CC1(C)C. The molecular weight excluding hydrogens is 274 g/mol. The highest BCUT2D eigenvalue weighted by Gasteiger charge is 2.33. The maximum atomic E-state index is 12.2. The van der Waals surface area contributed by atoms with E-state index in [2.05, 4.69) is 29.2 Å². The molecule has 0 radical (unpaired) electrons. The number of piperazine rings is 1. The number of likely N-dealkylation sites (N-methyl/N-ethyl adjacent to an activating group) is 1. The van der Waals surface area contributed by atoms with Crippen molar-refractivity contribution in [2.24, 2.45) is 0 Å². The fourth-order valence-corrected chi connectivity index (χ4v) is 2.27. The monoisotopic (exact) mass is 295 g/mol. The molecular formula is C13H21N5O3. The molecule has 21 heavy (non-hydrogen) atoms. The van der Waals surface area contributed by atoms with E-state index in [-0.39, 0.29) is 18.1 Å². The van der Waals surface area contributed by atoms with E-state index in [0.29, 0.717) is 18.8 Å². The van der Waals surface area contributed by atoms with E-state index in [4.69, 9.17) is 5.11 Å². The minimum Gasteiger partial charge on any atom is -0.480 e. The number of nitrogens with zero attached hydrogens (tertiary/aromatic N) is 4. The summed E-state index contributed by atoms with van der Waals surface area (Å²) in [7, 11) is 2.05. The Kier molecular flexibility index (Phi) is 4.17. The van der Waals surface area contributed by atoms with Crippen molar-refractivity contribution in [2.75, 3.05) is 32.0 Å². The first-order chi connectivity index (χ1) is 9.78. The van der Waals surface area contributed by atoms with Gasteiger partial charge in [0.25, 0.3) is 0 Å². The number of anilines is 1. The van der Waals surface area contributed by atoms with Crippen molar-refractivity contribution in [3.05, 3.63) is 12.4 Å². The summed E-state index contributed by atoms with van der Waals surface area (Å²) in [5.41, 5.74) is 0.432. The van der Waals surface area contributed by atoms with Gasteiger partial charge in [0.2, 0.25) is 0 Å². The van der Waals surface area contributed by atoms with Crippen LogP contribution in [0.25, 0.3) is 0 Å². The molecule has 0 saturated carbocycles. The van der Waals surface area contributed by atoms with Gasteiger partial charge in [-0.1, -0.05) is 0 Å². The highest BCUT2D eigenvalue weighted by Crippen LogP contribution is 2.19. The van der Waals surface area contributed by atoms with Crippen molar-refractivity contribution in [1.29, 1.82) is 0 Å². The molecule has 2 rings (SSSR count). The van der Waals surface area contributed by atoms with Crippen molar-refractivity contribution in [3.63, 3.8) is 0 Å². The number of aromatic nitrogens is 2. The summed E-state index contributed by atoms with van der Waals surface area (Å²) in [5.74, 6) is -0.975. The van der Waals surface area contributed by atoms with Crippen LogP contribution in [0.5, 0.6) is 0 Å². The Morgan fingerprint density at radius 3 is 2.76 bits per heavy atom. The van der Waals surface area contributed by atoms with Crippen molar-refractivity contribution in [2.45, 2.75) is 25.9 Å². The van der Waals surface area contributed by atoms with E-state index in [1.54, 1.807) is 4.90 Å². The number of hydrogen-bond donors (Lipinski definition) is 2. The Morgan fingerprint density at radius 2 is 2.14 bits per heavy atom. The summed E-state index contributed by atoms with van der Waals surface area (Å²) < 4.78 is 1.27. The molecule has 116 valence electrons. The fourth-order valence-electron chi connectivity index (χ4n) is 2.27. The van der Waals surface area contributed by atoms with Crippen LogP contribution < -0.4 is 5.32 Å². The minimum absolute atomic E-state index is 0.0664. The zero-order valence-electron chi connectivity index (χ0n) is 12.5. The second kappa shape index (κ2) is 5.72. The molecule has 0 bridgehead atoms. The van der Waals surface area contributed by atoms with E-state index < -0.39 is 5.97 Å². The lowest BCUT2D eigenvalue weighted by Gasteiger charge is -2.45. The third kappa shape index (κ3) is 3.72. The normalized spacial score (nSPS) is 18.5. The van der Waals surface area contributed by atoms with Crippen LogP contribution in [0, 0.1) is 0 Å². The summed E-state index contributed by atoms with van der Waals surface area (Å²) >= 11 is 0. The Morgan fingerprint density at radius 1 is 1.43 bits per heavy atom. The molecule has 0 spiro atoms. The highest BCUT2D eigenvalue weighted by atomic mass is 16.4. The van der Waals surface area contributed by atoms with E-state index in [1.807, 2.05) is 7.05 Å². The Bertz CT molecular complexity index is 540. The molecule has 1 aliphatic heterocycles. The lowest BCUT2D eigenvalue weighted by molar-refractivity contribution is -0.137. The lowest BCUT2D eigenvalue weighted by Crippen LogP contribution is -2.59. The summed E-state index contributed by atoms with van der Waals surface area (Å²) in [4.78, 5) is 26.8. The zero-order valence-corrected chi connectivity index (χ0v) is 12.5. The predicted molar refractivity (Wildman–Crippen MR) is 77.2 cm³/mol. The van der Waals surface area contributed by atoms with Crippen LogP contribution in [0.3, 0.4) is 0 Å². The van der Waals surface area contributed by atoms with Crippen molar-refractivity contribution in [1.82, 2.24) is 19.6 Å². The third-order valence-corrected chi connectivity index (χ3v) is 3.79. The van der Waals surface area contributed by atoms with E-state index >= 15 is 0 Å². The molecule has 1 aromatic rings. The zero-order chi connectivity index (χ0) is 15.6. The van der Waals surface area contributed by atoms with Crippen LogP contribution in [0.4, 0.5) is 10.5 Å². The molecule has 8 heteroatoms. The average molecular weight is 295 g/mol. The molecule has 2 amide bonds. The number of urea groups is 1. The number of nitrogens with one attached hydrogen (secondary N) is 1. The van der Waals surface area contributed by atoms with Gasteiger partial charge in [0.1, 0.15) is 6.54 Å². The molecule has 0 unspecified atom stereocenters. The topological polar surface area (TPSA) is 90.7 Å². The van der Waals surface area contributed by atoms with Crippen LogP contribution >= 0.6 is 0 Å². The molecule has 8 nitrogen and oxygen atoms in total. The largest absolute Gasteiger partial charge is 0.480 e. The summed E-state index contributed by atoms with van der Waals surface area (Å²) in [5, 5.41) is 15.3. The van der Waals surface area contributed by atoms with Crippen LogP contribution in [-0.4, -0.2) is 68.9 Å². The molecule has 0 atom stereocenters. The summed E-state index contributed by atoms with van der Waals surface area (Å²) in [6.45, 7) is 6.08. The van der Waals surface area contributed by atoms with Gasteiger partial charge in [-0.25, -0.2) is 4.79 Å². The molecule has 1 fully saturated rings. The smallest absolute Gasteiger partial charge is 0.325 e. The van der Waals surface area contributed by atoms with E-state index in [1.165, 1.54) is 17.1 Å². The summed E-state index contributed by atoms with van der Waals surface area (Å²) in [6.07, 6.45) is 2.95. The third-order valence-electron chi connectivity index (χ3n) is 3.79. The molecule has 1 aromatic heterocycles. The van der Waals surface area contributed by atoms with Gasteiger partial charge >= 0.3 is 12.0 Å². The Balaban J connectivity index is 1.95. The first-order valence-electron chi connectivity index (χ1n) is 6.79. The number of carboxylic acid groups (broad SMARTS) is 1. The lowest BCUT2D eigenvalue weighted by atomic mass is 10.0. The van der Waals surface area contributed by atoms with Gasteiger partial charge in [0.15, 0.2) is 0 Å². The number of hydrogen-bond acceptors (Lipinski definition) is 4. The predicted octanol–water partition coefficient (Wildman–Crippen LogP) is 0.526. The standard InChI is InChI=1S/C13H21N5O3/c1-13(2)9-17(5-4-16(13)3)12(21)15-10-6-14-18(7-10)8-11(19)20/h6-7H,4-5,8-9H2,1-3H3,(H,15,21)(H,19,20). The number of aliphatic carboxylic acids is 1. The van der Waals surface area contributed by atoms with Gasteiger partial charge in [-0.3, -0.25) is 14.4 Å². The molecule has 1 saturated heterocycles. The summed E-state index contributed by atoms with van der Waals surface area (Å²) in [6, 6.07) is -0.189. The number of rotatable bonds is 3. The van der Waals surface area contributed by atoms with E-state index in [0.717, 1.165) is 6.54 Å². The number of carbonyl (C=O) groups is 2. The van der Waals surface area contributed by atoms with Gasteiger partial charge in [0, 0.05) is 31.4 Å². The fraction of sp³-hybridized carbons (Fsp3) is 0.615. The Labute approximate surface area is 123 Å². The maximum Gasteiger partial charge on any atom is 0.325 e. The van der Waals surface area contributed by atoms with Gasteiger partial charge in [-0.2, -0.15) is 5.10 Å². The van der Waals surface area contributed by atoms with E-state index in [9.17, 15) is 9.59 Å². The number of carbonyl (C=O) groups excluding carboxylic acids is 1. The maximum absolute atomic E-state index is 12.2. The first kappa shape index (κ1) is 15.3. The average Bonchev–Trinajstić information content (AvgIpc) is 2.78. The van der Waals surface area contributed by atoms with Gasteiger partial charge in [-0.05, 0) is 20.9 Å². The van der Waals surface area contributed by atoms with Crippen LogP contribution in [0.2, 0.25) is 0 Å². The second-order valence-electron chi connectivity index (χ2n) is 5.91. The van der Waals surface area contributed by atoms with Crippen molar-refractivity contribution >= 4 is 17.7 Å². The van der Waals surface area contributed by atoms with Crippen molar-refractivity contribution < 1.29 is 14.7 Å². The number of amides is 2. The minimum atomic E-state index is -0.975. The molecule has 0 aliphatic carbocycles. The molecule has 2 heterocycles. The van der Waals surface area contributed by atoms with Gasteiger partial charge in [0.05, 0.1) is 11.9 Å². The van der Waals surface area contributed by atoms with Gasteiger partial charge < -0.3 is 15.3 Å². The highest BCUT2D eigenvalue weighted by molar-refractivity contribution is 5.89. The molecule has 1 aliphatic rings. The Hall–Kier alpha value is -2.09. The van der Waals surface area contributed by atoms with Crippen LogP contribution in [0.1, 0.15) is 13.8 Å². The molecule has 2 N–H and O–H groups in total. The quantitative estimate of drug-likeness (QED) is 0.848. The molecule has 0 aromatic carbocycles. The van der Waals surface area contributed by atoms with Crippen LogP contribution in [-0.2, 0) is 11.3 Å². The van der Waals surface area contributed by atoms with Crippen molar-refractivity contribution in [3.8, 4) is 0 Å².